The minimum atomic E-state index is 0.948. The number of thioether (sulfide) groups is 1. The molecule has 0 bridgehead atoms. The molecule has 0 spiro atoms. The van der Waals surface area contributed by atoms with Crippen molar-refractivity contribution in [3.8, 4) is 0 Å². The van der Waals surface area contributed by atoms with Crippen molar-refractivity contribution in [2.24, 2.45) is 0 Å². The molecule has 0 unspecified atom stereocenters. The number of rotatable bonds is 1. The van der Waals surface area contributed by atoms with Gasteiger partial charge in [0.1, 0.15) is 13.1 Å². The summed E-state index contributed by atoms with van der Waals surface area (Å²) in [6.07, 6.45) is 1.43. The van der Waals surface area contributed by atoms with Gasteiger partial charge in [0.2, 0.25) is 0 Å². The number of hydrogen-bond donors (Lipinski definition) is 1. The van der Waals surface area contributed by atoms with Gasteiger partial charge in [0.15, 0.2) is 0 Å². The lowest BCUT2D eigenvalue weighted by Gasteiger charge is -2.28. The molecular weight excluding hydrogens is 158 g/mol. The fourth-order valence-electron chi connectivity index (χ4n) is 1.90. The molecule has 64 valence electrons. The minimum Gasteiger partial charge on any atom is -0.370 e. The summed E-state index contributed by atoms with van der Waals surface area (Å²) >= 11 is 2.11. The molecule has 1 N–H and O–H groups in total. The molecule has 0 radical (unpaired) electrons. The molecule has 11 heavy (non-hydrogen) atoms. The first-order valence-corrected chi connectivity index (χ1v) is 5.62. The first-order valence-electron chi connectivity index (χ1n) is 4.47. The molecule has 0 saturated carbocycles. The lowest BCUT2D eigenvalue weighted by molar-refractivity contribution is -0.929. The standard InChI is InChI=1S/C8H15NOS/c1-6-11-7-8(1)9-2-4-10-5-3-9/h8H,1-7H2/p+1/t8-/m1/s1. The molecule has 2 saturated heterocycles. The molecule has 3 heteroatoms. The highest BCUT2D eigenvalue weighted by Gasteiger charge is 2.27. The Morgan fingerprint density at radius 1 is 1.27 bits per heavy atom. The third-order valence-corrected chi connectivity index (χ3v) is 3.80. The molecule has 2 heterocycles. The zero-order valence-electron chi connectivity index (χ0n) is 6.84. The normalized spacial score (nSPS) is 34.4. The summed E-state index contributed by atoms with van der Waals surface area (Å²) in [6.45, 7) is 4.45. The summed E-state index contributed by atoms with van der Waals surface area (Å²) in [5.74, 6) is 2.77. The van der Waals surface area contributed by atoms with Gasteiger partial charge in [-0.2, -0.15) is 11.8 Å². The average Bonchev–Trinajstić information content (AvgIpc) is 2.58. The van der Waals surface area contributed by atoms with Crippen molar-refractivity contribution < 1.29 is 9.64 Å². The van der Waals surface area contributed by atoms with Crippen LogP contribution in [0, 0.1) is 0 Å². The van der Waals surface area contributed by atoms with Crippen LogP contribution in [0.3, 0.4) is 0 Å². The Kier molecular flexibility index (Phi) is 2.72. The molecule has 0 aromatic carbocycles. The molecule has 2 nitrogen and oxygen atoms in total. The molecule has 2 fully saturated rings. The van der Waals surface area contributed by atoms with Crippen LogP contribution in [0.1, 0.15) is 6.42 Å². The molecule has 0 amide bonds. The van der Waals surface area contributed by atoms with Gasteiger partial charge in [-0.1, -0.05) is 0 Å². The van der Waals surface area contributed by atoms with Crippen molar-refractivity contribution in [1.29, 1.82) is 0 Å². The van der Waals surface area contributed by atoms with Crippen LogP contribution in [0.15, 0.2) is 0 Å². The Bertz CT molecular complexity index is 119. The van der Waals surface area contributed by atoms with Gasteiger partial charge in [0.25, 0.3) is 0 Å². The number of ether oxygens (including phenoxy) is 1. The molecule has 0 aromatic heterocycles. The van der Waals surface area contributed by atoms with Crippen LogP contribution in [0.25, 0.3) is 0 Å². The second-order valence-corrected chi connectivity index (χ2v) is 4.48. The Labute approximate surface area is 72.3 Å². The first kappa shape index (κ1) is 7.90. The van der Waals surface area contributed by atoms with E-state index in [-0.39, 0.29) is 0 Å². The van der Waals surface area contributed by atoms with E-state index in [9.17, 15) is 0 Å². The molecule has 0 aliphatic carbocycles. The van der Waals surface area contributed by atoms with E-state index in [1.807, 2.05) is 0 Å². The van der Waals surface area contributed by atoms with Crippen molar-refractivity contribution in [1.82, 2.24) is 0 Å². The molecular formula is C8H16NOS+. The van der Waals surface area contributed by atoms with Crippen LogP contribution in [-0.2, 0) is 4.74 Å². The van der Waals surface area contributed by atoms with Gasteiger partial charge >= 0.3 is 0 Å². The minimum absolute atomic E-state index is 0.948. The van der Waals surface area contributed by atoms with Crippen molar-refractivity contribution in [2.75, 3.05) is 37.8 Å². The SMILES string of the molecule is C1C[NH+]([C@@H]2CCSC2)CCO1. The topological polar surface area (TPSA) is 13.7 Å². The first-order chi connectivity index (χ1) is 5.47. The van der Waals surface area contributed by atoms with Gasteiger partial charge in [0.05, 0.1) is 19.3 Å². The smallest absolute Gasteiger partial charge is 0.101 e. The van der Waals surface area contributed by atoms with Crippen LogP contribution in [0.5, 0.6) is 0 Å². The fraction of sp³-hybridized carbons (Fsp3) is 1.00. The highest BCUT2D eigenvalue weighted by atomic mass is 32.2. The highest BCUT2D eigenvalue weighted by molar-refractivity contribution is 7.99. The number of hydrogen-bond acceptors (Lipinski definition) is 2. The number of nitrogens with one attached hydrogen (secondary N) is 1. The lowest BCUT2D eigenvalue weighted by Crippen LogP contribution is -3.17. The third-order valence-electron chi connectivity index (χ3n) is 2.64. The number of quaternary nitrogens is 1. The Balaban J connectivity index is 1.82. The zero-order valence-corrected chi connectivity index (χ0v) is 7.66. The van der Waals surface area contributed by atoms with Gasteiger partial charge in [-0.05, 0) is 5.75 Å². The maximum absolute atomic E-state index is 5.33. The Hall–Kier alpha value is 0.270. The van der Waals surface area contributed by atoms with Gasteiger partial charge in [-0.15, -0.1) is 0 Å². The largest absolute Gasteiger partial charge is 0.370 e. The van der Waals surface area contributed by atoms with Gasteiger partial charge in [0, 0.05) is 12.2 Å². The summed E-state index contributed by atoms with van der Waals surface area (Å²) < 4.78 is 5.33. The summed E-state index contributed by atoms with van der Waals surface area (Å²) in [7, 11) is 0. The molecule has 2 aliphatic heterocycles. The van der Waals surface area contributed by atoms with Crippen LogP contribution in [0.2, 0.25) is 0 Å². The van der Waals surface area contributed by atoms with E-state index in [1.54, 1.807) is 4.90 Å². The van der Waals surface area contributed by atoms with Crippen LogP contribution < -0.4 is 4.90 Å². The quantitative estimate of drug-likeness (QED) is 0.571. The Morgan fingerprint density at radius 2 is 2.09 bits per heavy atom. The summed E-state index contributed by atoms with van der Waals surface area (Å²) in [4.78, 5) is 1.79. The molecule has 2 aliphatic rings. The molecule has 1 atom stereocenters. The monoisotopic (exact) mass is 174 g/mol. The van der Waals surface area contributed by atoms with Crippen LogP contribution >= 0.6 is 11.8 Å². The summed E-state index contributed by atoms with van der Waals surface area (Å²) in [6, 6.07) is 0.948. The third kappa shape index (κ3) is 1.89. The molecule has 0 aromatic rings. The van der Waals surface area contributed by atoms with Crippen LogP contribution in [0.4, 0.5) is 0 Å². The zero-order chi connectivity index (χ0) is 7.52. The maximum atomic E-state index is 5.33. The number of morpholine rings is 1. The predicted octanol–water partition coefficient (Wildman–Crippen LogP) is -0.593. The van der Waals surface area contributed by atoms with Crippen molar-refractivity contribution in [2.45, 2.75) is 12.5 Å². The van der Waals surface area contributed by atoms with E-state index in [4.69, 9.17) is 4.74 Å². The van der Waals surface area contributed by atoms with E-state index in [0.717, 1.165) is 19.3 Å². The van der Waals surface area contributed by atoms with E-state index >= 15 is 0 Å². The van der Waals surface area contributed by atoms with E-state index < -0.39 is 0 Å². The summed E-state index contributed by atoms with van der Waals surface area (Å²) in [5, 5.41) is 0. The maximum Gasteiger partial charge on any atom is 0.101 e. The highest BCUT2D eigenvalue weighted by Crippen LogP contribution is 2.14. The second-order valence-electron chi connectivity index (χ2n) is 3.33. The van der Waals surface area contributed by atoms with Crippen molar-refractivity contribution in [3.63, 3.8) is 0 Å². The van der Waals surface area contributed by atoms with E-state index in [1.165, 1.54) is 31.0 Å². The van der Waals surface area contributed by atoms with Gasteiger partial charge in [-0.3, -0.25) is 0 Å². The lowest BCUT2D eigenvalue weighted by atomic mass is 10.2. The summed E-state index contributed by atoms with van der Waals surface area (Å²) in [5.41, 5.74) is 0. The predicted molar refractivity (Wildman–Crippen MR) is 47.2 cm³/mol. The Morgan fingerprint density at radius 3 is 2.73 bits per heavy atom. The molecule has 2 rings (SSSR count). The average molecular weight is 174 g/mol. The van der Waals surface area contributed by atoms with Crippen molar-refractivity contribution in [3.05, 3.63) is 0 Å². The second kappa shape index (κ2) is 3.78. The van der Waals surface area contributed by atoms with Crippen LogP contribution in [-0.4, -0.2) is 43.9 Å². The van der Waals surface area contributed by atoms with Gasteiger partial charge in [-0.25, -0.2) is 0 Å². The van der Waals surface area contributed by atoms with Crippen molar-refractivity contribution >= 4 is 11.8 Å². The van der Waals surface area contributed by atoms with E-state index in [0.29, 0.717) is 0 Å². The van der Waals surface area contributed by atoms with E-state index in [2.05, 4.69) is 11.8 Å². The fourth-order valence-corrected chi connectivity index (χ4v) is 3.20. The van der Waals surface area contributed by atoms with Gasteiger partial charge < -0.3 is 9.64 Å².